The number of carbonyl (C=O) groups is 3. The Morgan fingerprint density at radius 2 is 1.77 bits per heavy atom. The summed E-state index contributed by atoms with van der Waals surface area (Å²) in [5, 5.41) is 15.6. The molecule has 35 heavy (non-hydrogen) atoms. The van der Waals surface area contributed by atoms with Crippen LogP contribution in [0.5, 0.6) is 0 Å². The molecule has 3 N–H and O–H groups in total. The second-order valence-corrected chi connectivity index (χ2v) is 10.6. The maximum absolute atomic E-state index is 13.8. The average molecular weight is 490 g/mol. The van der Waals surface area contributed by atoms with Gasteiger partial charge in [0.2, 0.25) is 11.8 Å². The zero-order chi connectivity index (χ0) is 26.3. The summed E-state index contributed by atoms with van der Waals surface area (Å²) in [5.41, 5.74) is 1.84. The number of rotatable bonds is 11. The summed E-state index contributed by atoms with van der Waals surface area (Å²) < 4.78 is 5.29. The number of aryl methyl sites for hydroxylation is 2. The predicted octanol–water partition coefficient (Wildman–Crippen LogP) is 3.77. The van der Waals surface area contributed by atoms with Crippen molar-refractivity contribution in [2.75, 3.05) is 13.2 Å². The van der Waals surface area contributed by atoms with Crippen LogP contribution in [0.4, 0.5) is 4.79 Å². The Bertz CT molecular complexity index is 875. The molecule has 0 saturated heterocycles. The van der Waals surface area contributed by atoms with Gasteiger partial charge in [-0.1, -0.05) is 44.9 Å². The third kappa shape index (κ3) is 7.95. The third-order valence-electron chi connectivity index (χ3n) is 6.27. The molecule has 0 bridgehead atoms. The SMILES string of the molecule is CCCCCNC(=O)C(c1c(C)cccc1C)N(C(=O)C(CO)NC(=O)OC(C)(C)C)C1CC1C. The Balaban J connectivity index is 2.44. The number of aliphatic hydroxyl groups is 1. The van der Waals surface area contributed by atoms with E-state index in [2.05, 4.69) is 17.6 Å². The van der Waals surface area contributed by atoms with Gasteiger partial charge in [0.25, 0.3) is 0 Å². The molecule has 8 heteroatoms. The summed E-state index contributed by atoms with van der Waals surface area (Å²) in [6.45, 7) is 13.1. The first kappa shape index (κ1) is 28.6. The van der Waals surface area contributed by atoms with E-state index >= 15 is 0 Å². The fraction of sp³-hybridized carbons (Fsp3) is 0.667. The maximum Gasteiger partial charge on any atom is 0.408 e. The van der Waals surface area contributed by atoms with Gasteiger partial charge in [0.15, 0.2) is 0 Å². The number of nitrogens with zero attached hydrogens (tertiary/aromatic N) is 1. The number of alkyl carbamates (subject to hydrolysis) is 1. The van der Waals surface area contributed by atoms with Crippen LogP contribution in [-0.2, 0) is 14.3 Å². The molecule has 1 aromatic rings. The van der Waals surface area contributed by atoms with Gasteiger partial charge in [0.05, 0.1) is 6.61 Å². The fourth-order valence-corrected chi connectivity index (χ4v) is 4.33. The second kappa shape index (κ2) is 12.4. The van der Waals surface area contributed by atoms with E-state index in [-0.39, 0.29) is 17.9 Å². The monoisotopic (exact) mass is 489 g/mol. The quantitative estimate of drug-likeness (QED) is 0.410. The predicted molar refractivity (Wildman–Crippen MR) is 136 cm³/mol. The van der Waals surface area contributed by atoms with E-state index in [0.29, 0.717) is 6.54 Å². The molecule has 1 aliphatic carbocycles. The molecular formula is C27H43N3O5. The van der Waals surface area contributed by atoms with Crippen molar-refractivity contribution in [1.82, 2.24) is 15.5 Å². The van der Waals surface area contributed by atoms with E-state index in [0.717, 1.165) is 42.4 Å². The molecule has 1 aliphatic rings. The van der Waals surface area contributed by atoms with Gasteiger partial charge in [-0.15, -0.1) is 0 Å². The van der Waals surface area contributed by atoms with Crippen molar-refractivity contribution in [1.29, 1.82) is 0 Å². The number of carbonyl (C=O) groups excluding carboxylic acids is 3. The van der Waals surface area contributed by atoms with Gasteiger partial charge < -0.3 is 25.4 Å². The lowest BCUT2D eigenvalue weighted by Crippen LogP contribution is -2.55. The summed E-state index contributed by atoms with van der Waals surface area (Å²) in [6, 6.07) is 3.54. The number of nitrogens with one attached hydrogen (secondary N) is 2. The van der Waals surface area contributed by atoms with Crippen molar-refractivity contribution in [3.63, 3.8) is 0 Å². The van der Waals surface area contributed by atoms with Gasteiger partial charge in [0, 0.05) is 12.6 Å². The molecule has 0 aliphatic heterocycles. The highest BCUT2D eigenvalue weighted by Crippen LogP contribution is 2.41. The molecule has 196 valence electrons. The second-order valence-electron chi connectivity index (χ2n) is 10.6. The van der Waals surface area contributed by atoms with Gasteiger partial charge in [-0.25, -0.2) is 4.79 Å². The van der Waals surface area contributed by atoms with E-state index in [1.54, 1.807) is 25.7 Å². The number of aliphatic hydroxyl groups excluding tert-OH is 1. The molecule has 1 aromatic carbocycles. The molecule has 8 nitrogen and oxygen atoms in total. The van der Waals surface area contributed by atoms with Crippen LogP contribution in [0.2, 0.25) is 0 Å². The van der Waals surface area contributed by atoms with Crippen molar-refractivity contribution < 1.29 is 24.2 Å². The van der Waals surface area contributed by atoms with Crippen LogP contribution < -0.4 is 10.6 Å². The Morgan fingerprint density at radius 1 is 1.17 bits per heavy atom. The molecule has 1 saturated carbocycles. The standard InChI is InChI=1S/C27H43N3O5/c1-8-9-10-14-28-24(32)23(22-17(2)12-11-13-18(22)3)30(21-15-19(21)4)25(33)20(16-31)29-26(34)35-27(5,6)7/h11-13,19-21,23,31H,8-10,14-16H2,1-7H3,(H,28,32)(H,29,34). The highest BCUT2D eigenvalue weighted by molar-refractivity contribution is 5.93. The lowest BCUT2D eigenvalue weighted by atomic mass is 9.93. The lowest BCUT2D eigenvalue weighted by molar-refractivity contribution is -0.144. The maximum atomic E-state index is 13.8. The topological polar surface area (TPSA) is 108 Å². The van der Waals surface area contributed by atoms with E-state index in [9.17, 15) is 19.5 Å². The van der Waals surface area contributed by atoms with E-state index in [4.69, 9.17) is 4.74 Å². The van der Waals surface area contributed by atoms with Crippen molar-refractivity contribution >= 4 is 17.9 Å². The van der Waals surface area contributed by atoms with Crippen LogP contribution in [0.15, 0.2) is 18.2 Å². The molecule has 1 fully saturated rings. The molecule has 4 unspecified atom stereocenters. The summed E-state index contributed by atoms with van der Waals surface area (Å²) >= 11 is 0. The molecular weight excluding hydrogens is 446 g/mol. The number of unbranched alkanes of at least 4 members (excludes halogenated alkanes) is 2. The molecule has 0 radical (unpaired) electrons. The number of hydrogen-bond acceptors (Lipinski definition) is 5. The summed E-state index contributed by atoms with van der Waals surface area (Å²) in [7, 11) is 0. The Kier molecular flexibility index (Phi) is 10.1. The molecule has 4 atom stereocenters. The van der Waals surface area contributed by atoms with Crippen molar-refractivity contribution in [3.8, 4) is 0 Å². The summed E-state index contributed by atoms with van der Waals surface area (Å²) in [4.78, 5) is 41.4. The summed E-state index contributed by atoms with van der Waals surface area (Å²) in [5.74, 6) is -0.538. The van der Waals surface area contributed by atoms with Gasteiger partial charge in [-0.05, 0) is 70.1 Å². The fourth-order valence-electron chi connectivity index (χ4n) is 4.33. The first-order valence-corrected chi connectivity index (χ1v) is 12.7. The van der Waals surface area contributed by atoms with Crippen LogP contribution in [0.3, 0.4) is 0 Å². The molecule has 0 aromatic heterocycles. The van der Waals surface area contributed by atoms with Gasteiger partial charge in [-0.2, -0.15) is 0 Å². The smallest absolute Gasteiger partial charge is 0.408 e. The van der Waals surface area contributed by atoms with E-state index < -0.39 is 36.3 Å². The highest BCUT2D eigenvalue weighted by Gasteiger charge is 2.48. The molecule has 3 amide bonds. The zero-order valence-corrected chi connectivity index (χ0v) is 22.3. The first-order chi connectivity index (χ1) is 16.4. The van der Waals surface area contributed by atoms with Crippen LogP contribution >= 0.6 is 0 Å². The minimum atomic E-state index is -1.22. The number of hydrogen-bond donors (Lipinski definition) is 3. The minimum Gasteiger partial charge on any atom is -0.444 e. The normalized spacial score (nSPS) is 18.9. The Hall–Kier alpha value is -2.61. The van der Waals surface area contributed by atoms with Crippen molar-refractivity contribution in [2.24, 2.45) is 5.92 Å². The molecule has 0 heterocycles. The van der Waals surface area contributed by atoms with Crippen LogP contribution in [0, 0.1) is 19.8 Å². The zero-order valence-electron chi connectivity index (χ0n) is 22.3. The molecule has 2 rings (SSSR count). The lowest BCUT2D eigenvalue weighted by Gasteiger charge is -2.36. The van der Waals surface area contributed by atoms with Gasteiger partial charge in [-0.3, -0.25) is 9.59 Å². The number of benzene rings is 1. The Labute approximate surface area is 209 Å². The van der Waals surface area contributed by atoms with Crippen molar-refractivity contribution in [3.05, 3.63) is 34.9 Å². The minimum absolute atomic E-state index is 0.164. The van der Waals surface area contributed by atoms with E-state index in [1.807, 2.05) is 39.0 Å². The van der Waals surface area contributed by atoms with Gasteiger partial charge in [0.1, 0.15) is 17.7 Å². The first-order valence-electron chi connectivity index (χ1n) is 12.7. The number of amides is 3. The van der Waals surface area contributed by atoms with E-state index in [1.165, 1.54) is 0 Å². The largest absolute Gasteiger partial charge is 0.444 e. The van der Waals surface area contributed by atoms with Crippen LogP contribution in [0.25, 0.3) is 0 Å². The van der Waals surface area contributed by atoms with Crippen LogP contribution in [-0.4, -0.2) is 58.8 Å². The highest BCUT2D eigenvalue weighted by atomic mass is 16.6. The van der Waals surface area contributed by atoms with Crippen molar-refractivity contribution in [2.45, 2.75) is 97.9 Å². The average Bonchev–Trinajstić information content (AvgIpc) is 3.48. The Morgan fingerprint density at radius 3 is 2.26 bits per heavy atom. The number of ether oxygens (including phenoxy) is 1. The van der Waals surface area contributed by atoms with Crippen LogP contribution in [0.1, 0.15) is 83.0 Å². The molecule has 0 spiro atoms. The van der Waals surface area contributed by atoms with Gasteiger partial charge >= 0.3 is 6.09 Å². The third-order valence-corrected chi connectivity index (χ3v) is 6.27. The summed E-state index contributed by atoms with van der Waals surface area (Å²) in [6.07, 6.45) is 2.86.